The molecule has 0 atom stereocenters. The molecule has 5 nitrogen and oxygen atoms in total. The normalized spacial score (nSPS) is 11.6. The quantitative estimate of drug-likeness (QED) is 0.602. The van der Waals surface area contributed by atoms with Gasteiger partial charge in [0.05, 0.1) is 6.54 Å². The number of nitrogens with one attached hydrogen (secondary N) is 1. The molecule has 24 heavy (non-hydrogen) atoms. The third-order valence-electron chi connectivity index (χ3n) is 3.30. The summed E-state index contributed by atoms with van der Waals surface area (Å²) in [6.45, 7) is 5.56. The maximum atomic E-state index is 12.9. The molecule has 0 saturated carbocycles. The highest BCUT2D eigenvalue weighted by atomic mass is 19.1. The second kappa shape index (κ2) is 8.86. The van der Waals surface area contributed by atoms with Crippen LogP contribution in [0.25, 0.3) is 0 Å². The number of nitrogens with two attached hydrogens (primary N) is 1. The summed E-state index contributed by atoms with van der Waals surface area (Å²) in [6.07, 6.45) is 2.69. The number of aromatic nitrogens is 1. The molecule has 2 aromatic rings. The number of aliphatic imine (C=N–C) groups is 1. The van der Waals surface area contributed by atoms with E-state index in [0.29, 0.717) is 30.1 Å². The molecule has 128 valence electrons. The zero-order valence-corrected chi connectivity index (χ0v) is 14.0. The number of hydrogen-bond donors (Lipinski definition) is 2. The molecular formula is C18H23FN4O. The number of benzene rings is 1. The van der Waals surface area contributed by atoms with Gasteiger partial charge in [0.15, 0.2) is 5.96 Å². The van der Waals surface area contributed by atoms with Crippen molar-refractivity contribution >= 4 is 5.96 Å². The third-order valence-corrected chi connectivity index (χ3v) is 3.30. The lowest BCUT2D eigenvalue weighted by Gasteiger charge is -2.08. The van der Waals surface area contributed by atoms with Gasteiger partial charge < -0.3 is 15.8 Å². The van der Waals surface area contributed by atoms with Crippen LogP contribution in [0.2, 0.25) is 0 Å². The van der Waals surface area contributed by atoms with Crippen molar-refractivity contribution in [3.05, 3.63) is 54.0 Å². The van der Waals surface area contributed by atoms with Gasteiger partial charge in [-0.25, -0.2) is 14.4 Å². The van der Waals surface area contributed by atoms with Gasteiger partial charge in [-0.2, -0.15) is 0 Å². The van der Waals surface area contributed by atoms with E-state index in [-0.39, 0.29) is 5.82 Å². The molecule has 6 heteroatoms. The van der Waals surface area contributed by atoms with E-state index in [4.69, 9.17) is 10.5 Å². The minimum Gasteiger partial charge on any atom is -0.439 e. The van der Waals surface area contributed by atoms with Crippen LogP contribution in [0.5, 0.6) is 11.6 Å². The van der Waals surface area contributed by atoms with Crippen LogP contribution in [0.15, 0.2) is 47.6 Å². The molecule has 1 heterocycles. The molecule has 0 aliphatic rings. The average molecular weight is 330 g/mol. The summed E-state index contributed by atoms with van der Waals surface area (Å²) in [5.74, 6) is 1.70. The monoisotopic (exact) mass is 330 g/mol. The molecule has 0 spiro atoms. The number of hydrogen-bond acceptors (Lipinski definition) is 3. The minimum atomic E-state index is -0.307. The Hall–Kier alpha value is -2.63. The van der Waals surface area contributed by atoms with Crippen molar-refractivity contribution in [1.29, 1.82) is 0 Å². The number of rotatable bonds is 7. The highest BCUT2D eigenvalue weighted by molar-refractivity contribution is 5.77. The summed E-state index contributed by atoms with van der Waals surface area (Å²) in [6, 6.07) is 9.42. The molecule has 0 saturated heterocycles. The lowest BCUT2D eigenvalue weighted by molar-refractivity contribution is 0.460. The van der Waals surface area contributed by atoms with Gasteiger partial charge in [0.2, 0.25) is 5.88 Å². The van der Waals surface area contributed by atoms with Gasteiger partial charge in [-0.1, -0.05) is 13.8 Å². The van der Waals surface area contributed by atoms with E-state index >= 15 is 0 Å². The molecule has 3 N–H and O–H groups in total. The summed E-state index contributed by atoms with van der Waals surface area (Å²) in [7, 11) is 0. The predicted molar refractivity (Wildman–Crippen MR) is 93.5 cm³/mol. The van der Waals surface area contributed by atoms with Crippen LogP contribution in [0.4, 0.5) is 4.39 Å². The molecule has 0 amide bonds. The zero-order valence-electron chi connectivity index (χ0n) is 14.0. The fourth-order valence-electron chi connectivity index (χ4n) is 1.95. The van der Waals surface area contributed by atoms with Crippen LogP contribution in [0, 0.1) is 11.7 Å². The minimum absolute atomic E-state index is 0.307. The third kappa shape index (κ3) is 6.24. The van der Waals surface area contributed by atoms with Crippen LogP contribution in [0.3, 0.4) is 0 Å². The van der Waals surface area contributed by atoms with Crippen molar-refractivity contribution in [2.45, 2.75) is 26.8 Å². The fourth-order valence-corrected chi connectivity index (χ4v) is 1.95. The smallest absolute Gasteiger partial charge is 0.219 e. The second-order valence-electron chi connectivity index (χ2n) is 5.87. The Morgan fingerprint density at radius 1 is 1.29 bits per heavy atom. The molecule has 1 aromatic heterocycles. The van der Waals surface area contributed by atoms with E-state index in [9.17, 15) is 4.39 Å². The standard InChI is InChI=1S/C18H23FN4O/c1-13(2)7-9-22-18(20)23-12-14-8-10-21-17(11-14)24-16-5-3-15(19)4-6-16/h3-6,8,10-11,13H,7,9,12H2,1-2H3,(H3,20,22,23). The fraction of sp³-hybridized carbons (Fsp3) is 0.333. The Morgan fingerprint density at radius 3 is 2.75 bits per heavy atom. The lowest BCUT2D eigenvalue weighted by atomic mass is 10.1. The molecule has 0 unspecified atom stereocenters. The first-order chi connectivity index (χ1) is 11.5. The Balaban J connectivity index is 1.91. The van der Waals surface area contributed by atoms with Crippen molar-refractivity contribution in [1.82, 2.24) is 10.3 Å². The van der Waals surface area contributed by atoms with Crippen LogP contribution in [0.1, 0.15) is 25.8 Å². The first kappa shape index (κ1) is 17.7. The van der Waals surface area contributed by atoms with E-state index in [1.807, 2.05) is 6.07 Å². The van der Waals surface area contributed by atoms with Crippen molar-refractivity contribution in [2.75, 3.05) is 6.54 Å². The molecule has 0 fully saturated rings. The van der Waals surface area contributed by atoms with Gasteiger partial charge >= 0.3 is 0 Å². The van der Waals surface area contributed by atoms with E-state index in [2.05, 4.69) is 29.1 Å². The lowest BCUT2D eigenvalue weighted by Crippen LogP contribution is -2.32. The number of pyridine rings is 1. The zero-order chi connectivity index (χ0) is 17.4. The molecule has 1 aromatic carbocycles. The number of ether oxygens (including phenoxy) is 1. The summed E-state index contributed by atoms with van der Waals surface area (Å²) in [5.41, 5.74) is 6.77. The van der Waals surface area contributed by atoms with Gasteiger partial charge in [0.1, 0.15) is 11.6 Å². The summed E-state index contributed by atoms with van der Waals surface area (Å²) in [4.78, 5) is 8.44. The summed E-state index contributed by atoms with van der Waals surface area (Å²) < 4.78 is 18.5. The second-order valence-corrected chi connectivity index (χ2v) is 5.87. The highest BCUT2D eigenvalue weighted by Crippen LogP contribution is 2.20. The SMILES string of the molecule is CC(C)CCNC(N)=NCc1ccnc(Oc2ccc(F)cc2)c1. The van der Waals surface area contributed by atoms with Gasteiger partial charge in [0, 0.05) is 18.8 Å². The summed E-state index contributed by atoms with van der Waals surface area (Å²) >= 11 is 0. The maximum Gasteiger partial charge on any atom is 0.219 e. The molecule has 0 aliphatic heterocycles. The van der Waals surface area contributed by atoms with Crippen molar-refractivity contribution in [3.63, 3.8) is 0 Å². The summed E-state index contributed by atoms with van der Waals surface area (Å²) in [5, 5.41) is 3.09. The Bertz CT molecular complexity index is 671. The molecule has 0 bridgehead atoms. The first-order valence-electron chi connectivity index (χ1n) is 7.95. The van der Waals surface area contributed by atoms with E-state index < -0.39 is 0 Å². The Labute approximate surface area is 141 Å². The molecular weight excluding hydrogens is 307 g/mol. The predicted octanol–water partition coefficient (Wildman–Crippen LogP) is 3.46. The maximum absolute atomic E-state index is 12.9. The van der Waals surface area contributed by atoms with Crippen molar-refractivity contribution in [2.24, 2.45) is 16.6 Å². The molecule has 2 rings (SSSR count). The van der Waals surface area contributed by atoms with Crippen LogP contribution >= 0.6 is 0 Å². The van der Waals surface area contributed by atoms with Crippen LogP contribution in [-0.4, -0.2) is 17.5 Å². The topological polar surface area (TPSA) is 72.5 Å². The van der Waals surface area contributed by atoms with Gasteiger partial charge in [-0.15, -0.1) is 0 Å². The molecule has 0 aliphatic carbocycles. The van der Waals surface area contributed by atoms with E-state index in [1.54, 1.807) is 24.4 Å². The van der Waals surface area contributed by atoms with Gasteiger partial charge in [-0.3, -0.25) is 0 Å². The van der Waals surface area contributed by atoms with Crippen molar-refractivity contribution in [3.8, 4) is 11.6 Å². The highest BCUT2D eigenvalue weighted by Gasteiger charge is 2.02. The Morgan fingerprint density at radius 2 is 2.04 bits per heavy atom. The van der Waals surface area contributed by atoms with E-state index in [1.165, 1.54) is 12.1 Å². The van der Waals surface area contributed by atoms with Crippen LogP contribution < -0.4 is 15.8 Å². The number of nitrogens with zero attached hydrogens (tertiary/aromatic N) is 2. The average Bonchev–Trinajstić information content (AvgIpc) is 2.55. The number of halogens is 1. The van der Waals surface area contributed by atoms with Gasteiger partial charge in [-0.05, 0) is 48.2 Å². The Kier molecular flexibility index (Phi) is 6.54. The van der Waals surface area contributed by atoms with E-state index in [0.717, 1.165) is 18.5 Å². The largest absolute Gasteiger partial charge is 0.439 e. The van der Waals surface area contributed by atoms with Crippen LogP contribution in [-0.2, 0) is 6.54 Å². The van der Waals surface area contributed by atoms with Crippen molar-refractivity contribution < 1.29 is 9.13 Å². The molecule has 0 radical (unpaired) electrons. The first-order valence-corrected chi connectivity index (χ1v) is 7.95. The number of guanidine groups is 1. The van der Waals surface area contributed by atoms with Gasteiger partial charge in [0.25, 0.3) is 0 Å².